The Morgan fingerprint density at radius 1 is 1.29 bits per heavy atom. The van der Waals surface area contributed by atoms with Gasteiger partial charge in [-0.25, -0.2) is 17.9 Å². The van der Waals surface area contributed by atoms with E-state index in [0.29, 0.717) is 18.0 Å². The Labute approximate surface area is 138 Å². The fourth-order valence-electron chi connectivity index (χ4n) is 2.85. The number of H-pyrrole nitrogens is 1. The van der Waals surface area contributed by atoms with Crippen LogP contribution in [0.3, 0.4) is 0 Å². The molecule has 1 aromatic carbocycles. The van der Waals surface area contributed by atoms with E-state index in [-0.39, 0.29) is 15.8 Å². The van der Waals surface area contributed by atoms with Crippen LogP contribution < -0.4 is 16.0 Å². The van der Waals surface area contributed by atoms with Gasteiger partial charge in [0.1, 0.15) is 0 Å². The highest BCUT2D eigenvalue weighted by molar-refractivity contribution is 7.89. The van der Waals surface area contributed by atoms with Crippen molar-refractivity contribution in [3.63, 3.8) is 0 Å². The smallest absolute Gasteiger partial charge is 0.293 e. The molecular formula is C16H19N3O4S. The molecule has 0 unspecified atom stereocenters. The topological polar surface area (TPSA) is 101 Å². The number of hydrogen-bond donors (Lipinski definition) is 2. The molecule has 0 spiro atoms. The maximum absolute atomic E-state index is 12.5. The number of hydrogen-bond acceptors (Lipinski definition) is 4. The summed E-state index contributed by atoms with van der Waals surface area (Å²) >= 11 is 0. The van der Waals surface area contributed by atoms with E-state index in [4.69, 9.17) is 0 Å². The van der Waals surface area contributed by atoms with Gasteiger partial charge in [0.25, 0.3) is 5.56 Å². The predicted molar refractivity (Wildman–Crippen MR) is 89.5 cm³/mol. The van der Waals surface area contributed by atoms with Crippen molar-refractivity contribution in [1.82, 2.24) is 14.3 Å². The second-order valence-corrected chi connectivity index (χ2v) is 8.84. The van der Waals surface area contributed by atoms with Gasteiger partial charge in [-0.05, 0) is 56.7 Å². The molecule has 7 nitrogen and oxygen atoms in total. The van der Waals surface area contributed by atoms with Crippen molar-refractivity contribution in [3.8, 4) is 0 Å². The Morgan fingerprint density at radius 3 is 2.62 bits per heavy atom. The normalized spacial score (nSPS) is 19.5. The summed E-state index contributed by atoms with van der Waals surface area (Å²) in [5, 5.41) is 0.221. The molecule has 0 aliphatic heterocycles. The number of nitrogens with one attached hydrogen (secondary N) is 2. The fraction of sp³-hybridized carbons (Fsp3) is 0.500. The quantitative estimate of drug-likeness (QED) is 0.838. The van der Waals surface area contributed by atoms with E-state index < -0.39 is 21.3 Å². The van der Waals surface area contributed by atoms with Crippen LogP contribution in [-0.4, -0.2) is 23.5 Å². The summed E-state index contributed by atoms with van der Waals surface area (Å²) in [5.41, 5.74) is -0.909. The van der Waals surface area contributed by atoms with E-state index in [1.807, 2.05) is 6.92 Å². The molecule has 2 aliphatic rings. The zero-order valence-corrected chi connectivity index (χ0v) is 14.1. The van der Waals surface area contributed by atoms with Crippen LogP contribution in [-0.2, 0) is 16.6 Å². The lowest BCUT2D eigenvalue weighted by molar-refractivity contribution is 0.558. The Bertz CT molecular complexity index is 1040. The van der Waals surface area contributed by atoms with Gasteiger partial charge in [0.15, 0.2) is 0 Å². The Balaban J connectivity index is 1.83. The number of sulfonamides is 1. The van der Waals surface area contributed by atoms with Crippen LogP contribution in [0, 0.1) is 5.92 Å². The molecule has 1 aromatic heterocycles. The summed E-state index contributed by atoms with van der Waals surface area (Å²) < 4.78 is 29.2. The number of fused-ring (bicyclic) bond motifs is 1. The van der Waals surface area contributed by atoms with Gasteiger partial charge in [-0.15, -0.1) is 0 Å². The molecule has 0 bridgehead atoms. The lowest BCUT2D eigenvalue weighted by Crippen LogP contribution is -2.34. The van der Waals surface area contributed by atoms with Gasteiger partial charge < -0.3 is 0 Å². The number of benzene rings is 1. The first kappa shape index (κ1) is 15.6. The van der Waals surface area contributed by atoms with E-state index in [1.165, 1.54) is 16.7 Å². The number of rotatable bonds is 5. The number of aromatic nitrogens is 2. The van der Waals surface area contributed by atoms with Crippen molar-refractivity contribution in [2.45, 2.75) is 49.6 Å². The van der Waals surface area contributed by atoms with Gasteiger partial charge in [0.05, 0.1) is 15.8 Å². The van der Waals surface area contributed by atoms with Crippen molar-refractivity contribution < 1.29 is 8.42 Å². The van der Waals surface area contributed by atoms with E-state index in [1.54, 1.807) is 6.07 Å². The van der Waals surface area contributed by atoms with E-state index in [0.717, 1.165) is 25.7 Å². The zero-order chi connectivity index (χ0) is 17.1. The van der Waals surface area contributed by atoms with Crippen molar-refractivity contribution in [3.05, 3.63) is 39.0 Å². The molecular weight excluding hydrogens is 330 g/mol. The van der Waals surface area contributed by atoms with Gasteiger partial charge >= 0.3 is 5.69 Å². The molecule has 0 atom stereocenters. The summed E-state index contributed by atoms with van der Waals surface area (Å²) in [6.45, 7) is 2.40. The summed E-state index contributed by atoms with van der Waals surface area (Å²) in [5.74, 6) is 0.455. The SMILES string of the molecule is CC1(NS(=O)(=O)c2ccc3c(c2)c(=O)[nH]c(=O)n3CC2CC2)CC1. The summed E-state index contributed by atoms with van der Waals surface area (Å²) in [6.07, 6.45) is 3.76. The second-order valence-electron chi connectivity index (χ2n) is 7.16. The van der Waals surface area contributed by atoms with Crippen LogP contribution in [0.2, 0.25) is 0 Å². The summed E-state index contributed by atoms with van der Waals surface area (Å²) in [7, 11) is -3.69. The first-order chi connectivity index (χ1) is 11.3. The molecule has 0 radical (unpaired) electrons. The zero-order valence-electron chi connectivity index (χ0n) is 13.3. The average molecular weight is 349 g/mol. The van der Waals surface area contributed by atoms with Crippen molar-refractivity contribution in [1.29, 1.82) is 0 Å². The molecule has 1 heterocycles. The van der Waals surface area contributed by atoms with Gasteiger partial charge in [-0.3, -0.25) is 14.3 Å². The average Bonchev–Trinajstić information content (AvgIpc) is 3.42. The Hall–Kier alpha value is -1.93. The highest BCUT2D eigenvalue weighted by Crippen LogP contribution is 2.36. The third-order valence-corrected chi connectivity index (χ3v) is 6.43. The van der Waals surface area contributed by atoms with E-state index in [2.05, 4.69) is 9.71 Å². The van der Waals surface area contributed by atoms with Gasteiger partial charge in [0.2, 0.25) is 10.0 Å². The van der Waals surface area contributed by atoms with Gasteiger partial charge in [-0.1, -0.05) is 0 Å². The largest absolute Gasteiger partial charge is 0.328 e. The van der Waals surface area contributed by atoms with Crippen LogP contribution in [0.25, 0.3) is 10.9 Å². The summed E-state index contributed by atoms with van der Waals surface area (Å²) in [4.78, 5) is 26.6. The minimum Gasteiger partial charge on any atom is -0.293 e. The first-order valence-corrected chi connectivity index (χ1v) is 9.57. The third-order valence-electron chi connectivity index (χ3n) is 4.80. The minimum absolute atomic E-state index is 0.0465. The maximum atomic E-state index is 12.5. The second kappa shape index (κ2) is 5.03. The molecule has 0 amide bonds. The monoisotopic (exact) mass is 349 g/mol. The highest BCUT2D eigenvalue weighted by atomic mass is 32.2. The standard InChI is InChI=1S/C16H19N3O4S/c1-16(6-7-16)18-24(22,23)11-4-5-13-12(8-11)14(20)17-15(21)19(13)9-10-2-3-10/h4-5,8,10,18H,2-3,6-7,9H2,1H3,(H,17,20,21). The number of nitrogens with zero attached hydrogens (tertiary/aromatic N) is 1. The molecule has 2 saturated carbocycles. The Morgan fingerprint density at radius 2 is 2.00 bits per heavy atom. The van der Waals surface area contributed by atoms with Crippen LogP contribution in [0.4, 0.5) is 0 Å². The molecule has 2 fully saturated rings. The Kier molecular flexibility index (Phi) is 3.27. The van der Waals surface area contributed by atoms with Crippen molar-refractivity contribution in [2.24, 2.45) is 5.92 Å². The predicted octanol–water partition coefficient (Wildman–Crippen LogP) is 0.931. The number of aromatic amines is 1. The van der Waals surface area contributed by atoms with Crippen LogP contribution in [0.5, 0.6) is 0 Å². The van der Waals surface area contributed by atoms with Gasteiger partial charge in [0, 0.05) is 12.1 Å². The third kappa shape index (κ3) is 2.80. The van der Waals surface area contributed by atoms with Crippen LogP contribution >= 0.6 is 0 Å². The van der Waals surface area contributed by atoms with Crippen molar-refractivity contribution in [2.75, 3.05) is 0 Å². The van der Waals surface area contributed by atoms with E-state index in [9.17, 15) is 18.0 Å². The molecule has 2 aliphatic carbocycles. The molecule has 24 heavy (non-hydrogen) atoms. The fourth-order valence-corrected chi connectivity index (χ4v) is 4.34. The highest BCUT2D eigenvalue weighted by Gasteiger charge is 2.41. The van der Waals surface area contributed by atoms with Crippen molar-refractivity contribution >= 4 is 20.9 Å². The van der Waals surface area contributed by atoms with E-state index >= 15 is 0 Å². The molecule has 2 aromatic rings. The minimum atomic E-state index is -3.69. The van der Waals surface area contributed by atoms with Crippen LogP contribution in [0.1, 0.15) is 32.6 Å². The van der Waals surface area contributed by atoms with Crippen LogP contribution in [0.15, 0.2) is 32.7 Å². The lowest BCUT2D eigenvalue weighted by Gasteiger charge is -2.13. The molecule has 2 N–H and O–H groups in total. The van der Waals surface area contributed by atoms with Gasteiger partial charge in [-0.2, -0.15) is 0 Å². The molecule has 4 rings (SSSR count). The maximum Gasteiger partial charge on any atom is 0.328 e. The molecule has 0 saturated heterocycles. The first-order valence-electron chi connectivity index (χ1n) is 8.08. The lowest BCUT2D eigenvalue weighted by atomic mass is 10.2. The molecule has 128 valence electrons. The molecule has 8 heteroatoms. The summed E-state index contributed by atoms with van der Waals surface area (Å²) in [6, 6.07) is 4.36.